The maximum atomic E-state index is 12.8. The minimum absolute atomic E-state index is 0.0222. The third kappa shape index (κ3) is 1.53. The van der Waals surface area contributed by atoms with Crippen molar-refractivity contribution >= 4 is 21.9 Å². The molecule has 0 amide bonds. The SMILES string of the molecule is O=c1c2c(O)cccc2oc2c3c(cc(O)c12)O[C@@H]1OCC[C@H]31. The highest BCUT2D eigenvalue weighted by Crippen LogP contribution is 2.49. The summed E-state index contributed by atoms with van der Waals surface area (Å²) >= 11 is 0. The first-order valence-electron chi connectivity index (χ1n) is 7.38. The zero-order valence-electron chi connectivity index (χ0n) is 11.9. The zero-order chi connectivity index (χ0) is 15.7. The van der Waals surface area contributed by atoms with Crippen LogP contribution in [-0.4, -0.2) is 23.1 Å². The molecule has 0 saturated carbocycles. The van der Waals surface area contributed by atoms with Gasteiger partial charge in [0.2, 0.25) is 11.7 Å². The van der Waals surface area contributed by atoms with Gasteiger partial charge in [0, 0.05) is 11.6 Å². The minimum atomic E-state index is -0.456. The Morgan fingerprint density at radius 3 is 2.87 bits per heavy atom. The second-order valence-electron chi connectivity index (χ2n) is 5.85. The average Bonchev–Trinajstić information content (AvgIpc) is 3.07. The first-order chi connectivity index (χ1) is 11.1. The lowest BCUT2D eigenvalue weighted by molar-refractivity contribution is -0.0337. The van der Waals surface area contributed by atoms with Crippen LogP contribution in [0.1, 0.15) is 17.9 Å². The zero-order valence-corrected chi connectivity index (χ0v) is 11.9. The Hall–Kier alpha value is -2.73. The van der Waals surface area contributed by atoms with Gasteiger partial charge in [0.25, 0.3) is 0 Å². The molecule has 2 atom stereocenters. The predicted molar refractivity (Wildman–Crippen MR) is 81.0 cm³/mol. The van der Waals surface area contributed by atoms with E-state index < -0.39 is 11.7 Å². The molecule has 3 aromatic rings. The van der Waals surface area contributed by atoms with E-state index in [0.717, 1.165) is 12.0 Å². The molecule has 1 aromatic heterocycles. The highest BCUT2D eigenvalue weighted by atomic mass is 16.7. The summed E-state index contributed by atoms with van der Waals surface area (Å²) in [6.07, 6.45) is 0.361. The number of aromatic hydroxyl groups is 2. The van der Waals surface area contributed by atoms with Crippen molar-refractivity contribution < 1.29 is 24.1 Å². The maximum Gasteiger partial charge on any atom is 0.208 e. The van der Waals surface area contributed by atoms with Crippen molar-refractivity contribution in [3.05, 3.63) is 40.1 Å². The van der Waals surface area contributed by atoms with Gasteiger partial charge in [-0.15, -0.1) is 0 Å². The molecule has 2 aliphatic rings. The van der Waals surface area contributed by atoms with E-state index in [0.29, 0.717) is 17.9 Å². The van der Waals surface area contributed by atoms with E-state index in [1.807, 2.05) is 0 Å². The van der Waals surface area contributed by atoms with Crippen LogP contribution in [0.25, 0.3) is 21.9 Å². The van der Waals surface area contributed by atoms with Gasteiger partial charge in [0.15, 0.2) is 0 Å². The number of hydrogen-bond acceptors (Lipinski definition) is 6. The number of hydrogen-bond donors (Lipinski definition) is 2. The molecule has 5 rings (SSSR count). The van der Waals surface area contributed by atoms with Crippen LogP contribution in [0.3, 0.4) is 0 Å². The molecule has 1 fully saturated rings. The Kier molecular flexibility index (Phi) is 2.32. The summed E-state index contributed by atoms with van der Waals surface area (Å²) in [6, 6.07) is 6.06. The second-order valence-corrected chi connectivity index (χ2v) is 5.85. The normalized spacial score (nSPS) is 22.3. The van der Waals surface area contributed by atoms with Gasteiger partial charge >= 0.3 is 0 Å². The lowest BCUT2D eigenvalue weighted by atomic mass is 9.95. The van der Waals surface area contributed by atoms with Crippen molar-refractivity contribution in [1.82, 2.24) is 0 Å². The van der Waals surface area contributed by atoms with Gasteiger partial charge in [-0.05, 0) is 18.6 Å². The molecular weight excluding hydrogens is 300 g/mol. The fraction of sp³-hybridized carbons (Fsp3) is 0.235. The van der Waals surface area contributed by atoms with Crippen molar-refractivity contribution in [1.29, 1.82) is 0 Å². The van der Waals surface area contributed by atoms with Gasteiger partial charge in [-0.1, -0.05) is 6.07 Å². The number of rotatable bonds is 0. The molecule has 23 heavy (non-hydrogen) atoms. The highest BCUT2D eigenvalue weighted by Gasteiger charge is 2.42. The molecular formula is C17H12O6. The summed E-state index contributed by atoms with van der Waals surface area (Å²) in [4.78, 5) is 12.8. The number of fused-ring (bicyclic) bond motifs is 6. The fourth-order valence-electron chi connectivity index (χ4n) is 3.56. The van der Waals surface area contributed by atoms with Gasteiger partial charge < -0.3 is 24.1 Å². The quantitative estimate of drug-likeness (QED) is 0.620. The highest BCUT2D eigenvalue weighted by molar-refractivity contribution is 5.98. The van der Waals surface area contributed by atoms with Crippen molar-refractivity contribution in [2.75, 3.05) is 6.61 Å². The van der Waals surface area contributed by atoms with E-state index in [2.05, 4.69) is 0 Å². The molecule has 2 aromatic carbocycles. The third-order valence-electron chi connectivity index (χ3n) is 4.58. The smallest absolute Gasteiger partial charge is 0.208 e. The molecule has 0 unspecified atom stereocenters. The van der Waals surface area contributed by atoms with Gasteiger partial charge in [0.1, 0.15) is 39.2 Å². The average molecular weight is 312 g/mol. The minimum Gasteiger partial charge on any atom is -0.507 e. The molecule has 1 saturated heterocycles. The van der Waals surface area contributed by atoms with Gasteiger partial charge in [-0.25, -0.2) is 0 Å². The standard InChI is InChI=1S/C17H12O6/c18-8-2-1-3-10-13(8)15(20)14-9(19)6-11-12(16(14)22-10)7-4-5-21-17(7)23-11/h1-3,6-7,17-19H,4-5H2/t7-,17+/m1/s1. The van der Waals surface area contributed by atoms with Crippen LogP contribution >= 0.6 is 0 Å². The van der Waals surface area contributed by atoms with Gasteiger partial charge in [-0.2, -0.15) is 0 Å². The number of benzene rings is 2. The summed E-state index contributed by atoms with van der Waals surface area (Å²) in [6.45, 7) is 0.579. The number of ether oxygens (including phenoxy) is 2. The summed E-state index contributed by atoms with van der Waals surface area (Å²) in [5.74, 6) is 0.0624. The van der Waals surface area contributed by atoms with Crippen LogP contribution in [0.2, 0.25) is 0 Å². The predicted octanol–water partition coefficient (Wildman–Crippen LogP) is 2.58. The Morgan fingerprint density at radius 2 is 2.00 bits per heavy atom. The Labute approximate surface area is 129 Å². The van der Waals surface area contributed by atoms with Crippen LogP contribution in [-0.2, 0) is 4.74 Å². The summed E-state index contributed by atoms with van der Waals surface area (Å²) < 4.78 is 17.1. The summed E-state index contributed by atoms with van der Waals surface area (Å²) in [7, 11) is 0. The van der Waals surface area contributed by atoms with E-state index in [9.17, 15) is 15.0 Å². The van der Waals surface area contributed by atoms with Crippen molar-refractivity contribution in [2.24, 2.45) is 0 Å². The molecule has 0 spiro atoms. The van der Waals surface area contributed by atoms with E-state index >= 15 is 0 Å². The van der Waals surface area contributed by atoms with Crippen LogP contribution in [0.4, 0.5) is 0 Å². The van der Waals surface area contributed by atoms with E-state index in [1.54, 1.807) is 12.1 Å². The van der Waals surface area contributed by atoms with E-state index in [4.69, 9.17) is 13.9 Å². The molecule has 3 heterocycles. The van der Waals surface area contributed by atoms with E-state index in [1.165, 1.54) is 12.1 Å². The summed E-state index contributed by atoms with van der Waals surface area (Å²) in [5.41, 5.74) is 0.878. The molecule has 2 aliphatic heterocycles. The topological polar surface area (TPSA) is 89.1 Å². The van der Waals surface area contributed by atoms with Crippen LogP contribution in [0, 0.1) is 0 Å². The third-order valence-corrected chi connectivity index (χ3v) is 4.58. The van der Waals surface area contributed by atoms with Crippen LogP contribution in [0.5, 0.6) is 17.2 Å². The Balaban J connectivity index is 1.98. The fourth-order valence-corrected chi connectivity index (χ4v) is 3.56. The van der Waals surface area contributed by atoms with Crippen molar-refractivity contribution in [3.8, 4) is 17.2 Å². The lowest BCUT2D eigenvalue weighted by Crippen LogP contribution is -2.13. The molecule has 0 radical (unpaired) electrons. The van der Waals surface area contributed by atoms with Crippen molar-refractivity contribution in [3.63, 3.8) is 0 Å². The first-order valence-corrected chi connectivity index (χ1v) is 7.38. The molecule has 6 heteroatoms. The van der Waals surface area contributed by atoms with Crippen molar-refractivity contribution in [2.45, 2.75) is 18.6 Å². The molecule has 2 N–H and O–H groups in total. The second kappa shape index (κ2) is 4.17. The van der Waals surface area contributed by atoms with Crippen LogP contribution in [0.15, 0.2) is 33.5 Å². The number of phenolic OH excluding ortho intramolecular Hbond substituents is 2. The molecule has 0 bridgehead atoms. The monoisotopic (exact) mass is 312 g/mol. The number of phenols is 2. The summed E-state index contributed by atoms with van der Waals surface area (Å²) in [5, 5.41) is 20.4. The Bertz CT molecular complexity index is 1030. The maximum absolute atomic E-state index is 12.8. The van der Waals surface area contributed by atoms with Crippen LogP contribution < -0.4 is 10.2 Å². The largest absolute Gasteiger partial charge is 0.507 e. The lowest BCUT2D eigenvalue weighted by Gasteiger charge is -2.09. The van der Waals surface area contributed by atoms with E-state index in [-0.39, 0.29) is 33.8 Å². The van der Waals surface area contributed by atoms with Gasteiger partial charge in [0.05, 0.1) is 12.5 Å². The molecule has 6 nitrogen and oxygen atoms in total. The van der Waals surface area contributed by atoms with Gasteiger partial charge in [-0.3, -0.25) is 4.79 Å². The molecule has 116 valence electrons. The Morgan fingerprint density at radius 1 is 1.13 bits per heavy atom. The first kappa shape index (κ1) is 12.8. The molecule has 0 aliphatic carbocycles.